The predicted molar refractivity (Wildman–Crippen MR) is 90.2 cm³/mol. The van der Waals surface area contributed by atoms with E-state index in [2.05, 4.69) is 5.32 Å². The summed E-state index contributed by atoms with van der Waals surface area (Å²) in [6.45, 7) is 3.72. The van der Waals surface area contributed by atoms with Gasteiger partial charge >= 0.3 is 0 Å². The van der Waals surface area contributed by atoms with Gasteiger partial charge in [0.1, 0.15) is 0 Å². The molecule has 1 fully saturated rings. The number of nitro groups is 1. The molecule has 0 aromatic heterocycles. The molecule has 1 atom stereocenters. The molecule has 0 unspecified atom stereocenters. The molecule has 0 radical (unpaired) electrons. The maximum Gasteiger partial charge on any atom is 0.274 e. The monoisotopic (exact) mass is 355 g/mol. The van der Waals surface area contributed by atoms with E-state index in [-0.39, 0.29) is 23.9 Å². The Bertz CT molecular complexity index is 747. The van der Waals surface area contributed by atoms with Crippen molar-refractivity contribution in [3.63, 3.8) is 0 Å². The lowest BCUT2D eigenvalue weighted by atomic mass is 9.98. The molecule has 1 amide bonds. The summed E-state index contributed by atoms with van der Waals surface area (Å²) in [6.07, 6.45) is 1.21. The summed E-state index contributed by atoms with van der Waals surface area (Å²) in [6, 6.07) is 4.49. The van der Waals surface area contributed by atoms with Gasteiger partial charge < -0.3 is 5.32 Å². The van der Waals surface area contributed by atoms with Crippen LogP contribution in [0.25, 0.3) is 0 Å². The van der Waals surface area contributed by atoms with Gasteiger partial charge in [0.2, 0.25) is 15.9 Å². The Morgan fingerprint density at radius 3 is 2.79 bits per heavy atom. The van der Waals surface area contributed by atoms with Crippen molar-refractivity contribution in [2.45, 2.75) is 26.7 Å². The topological polar surface area (TPSA) is 110 Å². The van der Waals surface area contributed by atoms with Crippen LogP contribution in [-0.2, 0) is 14.8 Å². The number of nitro benzene ring substituents is 1. The van der Waals surface area contributed by atoms with Crippen molar-refractivity contribution in [1.82, 2.24) is 4.31 Å². The number of benzene rings is 1. The highest BCUT2D eigenvalue weighted by Gasteiger charge is 2.31. The van der Waals surface area contributed by atoms with E-state index in [1.54, 1.807) is 19.9 Å². The average molecular weight is 355 g/mol. The number of nitrogens with zero attached hydrogens (tertiary/aromatic N) is 2. The van der Waals surface area contributed by atoms with Crippen molar-refractivity contribution in [2.24, 2.45) is 5.92 Å². The molecule has 1 aliphatic rings. The minimum atomic E-state index is -3.32. The van der Waals surface area contributed by atoms with Gasteiger partial charge in [-0.3, -0.25) is 14.9 Å². The zero-order valence-electron chi connectivity index (χ0n) is 13.7. The highest BCUT2D eigenvalue weighted by molar-refractivity contribution is 7.89. The van der Waals surface area contributed by atoms with Crippen LogP contribution in [0.3, 0.4) is 0 Å². The first kappa shape index (κ1) is 18.3. The molecule has 1 saturated heterocycles. The normalized spacial score (nSPS) is 19.0. The van der Waals surface area contributed by atoms with E-state index in [0.29, 0.717) is 30.6 Å². The minimum Gasteiger partial charge on any atom is -0.325 e. The Labute approximate surface area is 141 Å². The van der Waals surface area contributed by atoms with Crippen LogP contribution < -0.4 is 5.32 Å². The van der Waals surface area contributed by atoms with Gasteiger partial charge in [0.05, 0.1) is 27.8 Å². The number of carbonyl (C=O) groups is 1. The molecule has 0 saturated carbocycles. The van der Waals surface area contributed by atoms with Crippen molar-refractivity contribution in [1.29, 1.82) is 0 Å². The third-order valence-electron chi connectivity index (χ3n) is 4.27. The molecule has 0 bridgehead atoms. The first-order chi connectivity index (χ1) is 11.3. The van der Waals surface area contributed by atoms with Crippen molar-refractivity contribution in [3.8, 4) is 0 Å². The Morgan fingerprint density at radius 2 is 2.17 bits per heavy atom. The molecular weight excluding hydrogens is 334 g/mol. The quantitative estimate of drug-likeness (QED) is 0.641. The number of carbonyl (C=O) groups excluding carboxylic acids is 1. The van der Waals surface area contributed by atoms with Crippen LogP contribution in [0.1, 0.15) is 25.3 Å². The van der Waals surface area contributed by atoms with E-state index in [4.69, 9.17) is 0 Å². The standard InChI is InChI=1S/C15H21N3O5S/c1-3-24(22,23)17-9-5-6-12(10-17)15(19)16-13-7-4-8-14(11(13)2)18(20)21/h4,7-8,12H,3,5-6,9-10H2,1-2H3,(H,16,19)/t12-/m0/s1. The van der Waals surface area contributed by atoms with Gasteiger partial charge in [-0.05, 0) is 32.8 Å². The average Bonchev–Trinajstić information content (AvgIpc) is 2.56. The van der Waals surface area contributed by atoms with Crippen molar-refractivity contribution >= 4 is 27.3 Å². The fourth-order valence-electron chi connectivity index (χ4n) is 2.78. The third kappa shape index (κ3) is 3.90. The molecule has 2 rings (SSSR count). The zero-order chi connectivity index (χ0) is 17.9. The summed E-state index contributed by atoms with van der Waals surface area (Å²) in [4.78, 5) is 22.9. The van der Waals surface area contributed by atoms with Crippen LogP contribution in [0.2, 0.25) is 0 Å². The van der Waals surface area contributed by atoms with E-state index in [1.807, 2.05) is 0 Å². The van der Waals surface area contributed by atoms with Crippen LogP contribution in [0.5, 0.6) is 0 Å². The molecule has 1 aliphatic heterocycles. The van der Waals surface area contributed by atoms with Crippen LogP contribution in [-0.4, -0.2) is 42.4 Å². The molecule has 1 heterocycles. The van der Waals surface area contributed by atoms with E-state index >= 15 is 0 Å². The maximum absolute atomic E-state index is 12.5. The highest BCUT2D eigenvalue weighted by Crippen LogP contribution is 2.27. The van der Waals surface area contributed by atoms with Crippen LogP contribution in [0, 0.1) is 23.0 Å². The molecule has 1 aromatic carbocycles. The van der Waals surface area contributed by atoms with E-state index < -0.39 is 20.9 Å². The fourth-order valence-corrected chi connectivity index (χ4v) is 3.96. The number of sulfonamides is 1. The Hall–Kier alpha value is -2.00. The second-order valence-electron chi connectivity index (χ2n) is 5.79. The SMILES string of the molecule is CCS(=O)(=O)N1CCC[C@H](C(=O)Nc2cccc([N+](=O)[O-])c2C)C1. The van der Waals surface area contributed by atoms with Gasteiger partial charge in [-0.1, -0.05) is 6.07 Å². The third-order valence-corrected chi connectivity index (χ3v) is 6.12. The lowest BCUT2D eigenvalue weighted by Crippen LogP contribution is -2.44. The van der Waals surface area contributed by atoms with E-state index in [1.165, 1.54) is 16.4 Å². The summed E-state index contributed by atoms with van der Waals surface area (Å²) >= 11 is 0. The zero-order valence-corrected chi connectivity index (χ0v) is 14.5. The van der Waals surface area contributed by atoms with E-state index in [0.717, 1.165) is 0 Å². The number of hydrogen-bond donors (Lipinski definition) is 1. The molecule has 0 spiro atoms. The van der Waals surface area contributed by atoms with Gasteiger partial charge in [-0.2, -0.15) is 0 Å². The first-order valence-corrected chi connectivity index (χ1v) is 9.40. The lowest BCUT2D eigenvalue weighted by Gasteiger charge is -2.31. The van der Waals surface area contributed by atoms with E-state index in [9.17, 15) is 23.3 Å². The summed E-state index contributed by atoms with van der Waals surface area (Å²) < 4.78 is 25.3. The molecule has 1 aromatic rings. The van der Waals surface area contributed by atoms with Crippen LogP contribution in [0.4, 0.5) is 11.4 Å². The number of rotatable bonds is 5. The number of piperidine rings is 1. The van der Waals surface area contributed by atoms with Crippen molar-refractivity contribution < 1.29 is 18.1 Å². The van der Waals surface area contributed by atoms with Gasteiger partial charge in [0, 0.05) is 19.2 Å². The summed E-state index contributed by atoms with van der Waals surface area (Å²) in [5, 5.41) is 13.7. The summed E-state index contributed by atoms with van der Waals surface area (Å²) in [7, 11) is -3.32. The Balaban J connectivity index is 2.13. The van der Waals surface area contributed by atoms with Gasteiger partial charge in [0.25, 0.3) is 5.69 Å². The van der Waals surface area contributed by atoms with Crippen molar-refractivity contribution in [3.05, 3.63) is 33.9 Å². The highest BCUT2D eigenvalue weighted by atomic mass is 32.2. The first-order valence-electron chi connectivity index (χ1n) is 7.79. The largest absolute Gasteiger partial charge is 0.325 e. The number of anilines is 1. The van der Waals surface area contributed by atoms with Crippen molar-refractivity contribution in [2.75, 3.05) is 24.2 Å². The van der Waals surface area contributed by atoms with Crippen LogP contribution >= 0.6 is 0 Å². The number of nitrogens with one attached hydrogen (secondary N) is 1. The van der Waals surface area contributed by atoms with Crippen LogP contribution in [0.15, 0.2) is 18.2 Å². The number of hydrogen-bond acceptors (Lipinski definition) is 5. The number of amides is 1. The summed E-state index contributed by atoms with van der Waals surface area (Å²) in [5.41, 5.74) is 0.695. The lowest BCUT2D eigenvalue weighted by molar-refractivity contribution is -0.385. The Morgan fingerprint density at radius 1 is 1.46 bits per heavy atom. The fraction of sp³-hybridized carbons (Fsp3) is 0.533. The molecule has 8 nitrogen and oxygen atoms in total. The maximum atomic E-state index is 12.5. The molecule has 24 heavy (non-hydrogen) atoms. The molecular formula is C15H21N3O5S. The molecule has 132 valence electrons. The second-order valence-corrected chi connectivity index (χ2v) is 8.05. The molecule has 0 aliphatic carbocycles. The van der Waals surface area contributed by atoms with Gasteiger partial charge in [0.15, 0.2) is 0 Å². The second kappa shape index (κ2) is 7.27. The van der Waals surface area contributed by atoms with Gasteiger partial charge in [-0.25, -0.2) is 12.7 Å². The minimum absolute atomic E-state index is 0.00528. The van der Waals surface area contributed by atoms with Gasteiger partial charge in [-0.15, -0.1) is 0 Å². The Kier molecular flexibility index (Phi) is 5.55. The predicted octanol–water partition coefficient (Wildman–Crippen LogP) is 1.90. The molecule has 9 heteroatoms. The molecule has 1 N–H and O–H groups in total. The smallest absolute Gasteiger partial charge is 0.274 e. The summed E-state index contributed by atoms with van der Waals surface area (Å²) in [5.74, 6) is -0.765.